The monoisotopic (exact) mass is 350 g/mol. The van der Waals surface area contributed by atoms with E-state index in [2.05, 4.69) is 10.0 Å². The lowest BCUT2D eigenvalue weighted by Crippen LogP contribution is -2.50. The number of sulfonamides is 1. The van der Waals surface area contributed by atoms with Gasteiger partial charge in [0.05, 0.1) is 28.3 Å². The first kappa shape index (κ1) is 18.6. The SMILES string of the molecule is CNS(=O)(=O)c1csc(C(=O)NC(C)(COC)CC(=O)O)c1. The summed E-state index contributed by atoms with van der Waals surface area (Å²) in [5, 5.41) is 12.8. The highest BCUT2D eigenvalue weighted by molar-refractivity contribution is 7.89. The van der Waals surface area contributed by atoms with Crippen LogP contribution in [0.4, 0.5) is 0 Å². The largest absolute Gasteiger partial charge is 0.481 e. The number of hydrogen-bond donors (Lipinski definition) is 3. The molecule has 0 saturated carbocycles. The first-order valence-electron chi connectivity index (χ1n) is 6.19. The minimum Gasteiger partial charge on any atom is -0.481 e. The second-order valence-corrected chi connectivity index (χ2v) is 7.67. The van der Waals surface area contributed by atoms with Crippen LogP contribution in [-0.4, -0.2) is 51.7 Å². The molecule has 1 unspecified atom stereocenters. The molecule has 10 heteroatoms. The van der Waals surface area contributed by atoms with Crippen LogP contribution in [0.1, 0.15) is 23.0 Å². The third-order valence-electron chi connectivity index (χ3n) is 2.80. The lowest BCUT2D eigenvalue weighted by atomic mass is 9.99. The van der Waals surface area contributed by atoms with E-state index in [-0.39, 0.29) is 22.8 Å². The van der Waals surface area contributed by atoms with Gasteiger partial charge in [0.15, 0.2) is 0 Å². The van der Waals surface area contributed by atoms with Gasteiger partial charge in [0.1, 0.15) is 0 Å². The number of ether oxygens (including phenoxy) is 1. The van der Waals surface area contributed by atoms with E-state index in [4.69, 9.17) is 9.84 Å². The highest BCUT2D eigenvalue weighted by Gasteiger charge is 2.30. The molecule has 8 nitrogen and oxygen atoms in total. The topological polar surface area (TPSA) is 122 Å². The fourth-order valence-electron chi connectivity index (χ4n) is 1.82. The molecule has 0 aliphatic carbocycles. The Morgan fingerprint density at radius 2 is 2.09 bits per heavy atom. The summed E-state index contributed by atoms with van der Waals surface area (Å²) in [6.45, 7) is 1.56. The normalized spacial score (nSPS) is 14.3. The highest BCUT2D eigenvalue weighted by Crippen LogP contribution is 2.20. The summed E-state index contributed by atoms with van der Waals surface area (Å²) >= 11 is 0.958. The van der Waals surface area contributed by atoms with Crippen LogP contribution in [0.3, 0.4) is 0 Å². The first-order chi connectivity index (χ1) is 10.1. The van der Waals surface area contributed by atoms with Gasteiger partial charge < -0.3 is 15.2 Å². The van der Waals surface area contributed by atoms with Crippen molar-refractivity contribution < 1.29 is 27.9 Å². The summed E-state index contributed by atoms with van der Waals surface area (Å²) in [6, 6.07) is 1.24. The number of rotatable bonds is 8. The molecule has 0 bridgehead atoms. The molecule has 3 N–H and O–H groups in total. The van der Waals surface area contributed by atoms with Gasteiger partial charge in [0.2, 0.25) is 10.0 Å². The molecule has 0 radical (unpaired) electrons. The van der Waals surface area contributed by atoms with E-state index in [1.165, 1.54) is 25.6 Å². The molecule has 0 fully saturated rings. The molecule has 0 aliphatic heterocycles. The van der Waals surface area contributed by atoms with Crippen LogP contribution in [0.5, 0.6) is 0 Å². The maximum Gasteiger partial charge on any atom is 0.305 e. The molecule has 1 rings (SSSR count). The van der Waals surface area contributed by atoms with Gasteiger partial charge in [0.25, 0.3) is 5.91 Å². The fourth-order valence-corrected chi connectivity index (χ4v) is 3.71. The summed E-state index contributed by atoms with van der Waals surface area (Å²) in [7, 11) is -0.951. The number of carbonyl (C=O) groups excluding carboxylic acids is 1. The van der Waals surface area contributed by atoms with Gasteiger partial charge in [-0.1, -0.05) is 0 Å². The van der Waals surface area contributed by atoms with Crippen LogP contribution in [0.15, 0.2) is 16.3 Å². The van der Waals surface area contributed by atoms with E-state index in [9.17, 15) is 18.0 Å². The minimum atomic E-state index is -3.62. The third kappa shape index (κ3) is 4.77. The molecule has 0 aromatic carbocycles. The number of carbonyl (C=O) groups is 2. The van der Waals surface area contributed by atoms with Crippen LogP contribution in [0.2, 0.25) is 0 Å². The van der Waals surface area contributed by atoms with Crippen LogP contribution < -0.4 is 10.0 Å². The molecule has 1 amide bonds. The second kappa shape index (κ2) is 7.18. The Kier molecular flexibility index (Phi) is 6.06. The zero-order valence-corrected chi connectivity index (χ0v) is 14.0. The molecule has 1 aromatic rings. The zero-order chi connectivity index (χ0) is 17.0. The van der Waals surface area contributed by atoms with Gasteiger partial charge in [0, 0.05) is 12.5 Å². The minimum absolute atomic E-state index is 0.0120. The molecule has 1 aromatic heterocycles. The number of carboxylic acids is 1. The van der Waals surface area contributed by atoms with E-state index in [0.29, 0.717) is 0 Å². The zero-order valence-electron chi connectivity index (χ0n) is 12.4. The Morgan fingerprint density at radius 3 is 2.59 bits per heavy atom. The van der Waals surface area contributed by atoms with Crippen molar-refractivity contribution in [3.63, 3.8) is 0 Å². The predicted molar refractivity (Wildman–Crippen MR) is 80.6 cm³/mol. The van der Waals surface area contributed by atoms with Crippen LogP contribution in [-0.2, 0) is 19.6 Å². The van der Waals surface area contributed by atoms with E-state index in [1.54, 1.807) is 6.92 Å². The number of thiophene rings is 1. The molecule has 0 spiro atoms. The lowest BCUT2D eigenvalue weighted by Gasteiger charge is -2.28. The van der Waals surface area contributed by atoms with Crippen molar-refractivity contribution in [2.24, 2.45) is 0 Å². The quantitative estimate of drug-likeness (QED) is 0.618. The first-order valence-corrected chi connectivity index (χ1v) is 8.55. The molecule has 1 atom stereocenters. The van der Waals surface area contributed by atoms with Crippen molar-refractivity contribution >= 4 is 33.2 Å². The number of carboxylic acid groups (broad SMARTS) is 1. The van der Waals surface area contributed by atoms with E-state index in [0.717, 1.165) is 11.3 Å². The third-order valence-corrected chi connectivity index (χ3v) is 5.27. The lowest BCUT2D eigenvalue weighted by molar-refractivity contribution is -0.139. The smallest absolute Gasteiger partial charge is 0.305 e. The number of methoxy groups -OCH3 is 1. The fraction of sp³-hybridized carbons (Fsp3) is 0.500. The van der Waals surface area contributed by atoms with E-state index < -0.39 is 27.4 Å². The highest BCUT2D eigenvalue weighted by atomic mass is 32.2. The van der Waals surface area contributed by atoms with Crippen molar-refractivity contribution in [3.05, 3.63) is 16.3 Å². The summed E-state index contributed by atoms with van der Waals surface area (Å²) in [4.78, 5) is 23.2. The van der Waals surface area contributed by atoms with Gasteiger partial charge >= 0.3 is 5.97 Å². The van der Waals surface area contributed by atoms with Crippen LogP contribution in [0, 0.1) is 0 Å². The van der Waals surface area contributed by atoms with Gasteiger partial charge in [-0.15, -0.1) is 11.3 Å². The Bertz CT molecular complexity index is 654. The maximum atomic E-state index is 12.2. The van der Waals surface area contributed by atoms with Crippen molar-refractivity contribution in [1.82, 2.24) is 10.0 Å². The van der Waals surface area contributed by atoms with Crippen molar-refractivity contribution in [2.75, 3.05) is 20.8 Å². The molecule has 124 valence electrons. The second-order valence-electron chi connectivity index (χ2n) is 4.87. The summed E-state index contributed by atoms with van der Waals surface area (Å²) in [5.74, 6) is -1.63. The van der Waals surface area contributed by atoms with Gasteiger partial charge in [-0.05, 0) is 20.0 Å². The maximum absolute atomic E-state index is 12.2. The molecular weight excluding hydrogens is 332 g/mol. The van der Waals surface area contributed by atoms with Gasteiger partial charge in [-0.25, -0.2) is 13.1 Å². The average Bonchev–Trinajstić information content (AvgIpc) is 2.87. The Hall–Kier alpha value is -1.49. The molecular formula is C12H18N2O6S2. The van der Waals surface area contributed by atoms with E-state index >= 15 is 0 Å². The number of hydrogen-bond acceptors (Lipinski definition) is 6. The van der Waals surface area contributed by atoms with Crippen molar-refractivity contribution in [2.45, 2.75) is 23.8 Å². The number of aliphatic carboxylic acids is 1. The molecule has 0 saturated heterocycles. The van der Waals surface area contributed by atoms with Crippen molar-refractivity contribution in [3.8, 4) is 0 Å². The van der Waals surface area contributed by atoms with Crippen molar-refractivity contribution in [1.29, 1.82) is 0 Å². The number of nitrogens with one attached hydrogen (secondary N) is 2. The Balaban J connectivity index is 2.94. The molecule has 0 aliphatic rings. The summed E-state index contributed by atoms with van der Waals surface area (Å²) < 4.78 is 30.4. The predicted octanol–water partition coefficient (Wildman–Crippen LogP) is 0.266. The van der Waals surface area contributed by atoms with Crippen LogP contribution >= 0.6 is 11.3 Å². The summed E-state index contributed by atoms with van der Waals surface area (Å²) in [6.07, 6.45) is -0.320. The summed E-state index contributed by atoms with van der Waals surface area (Å²) in [5.41, 5.74) is -1.09. The van der Waals surface area contributed by atoms with E-state index in [1.807, 2.05) is 0 Å². The van der Waals surface area contributed by atoms with Crippen LogP contribution in [0.25, 0.3) is 0 Å². The Labute approximate surface area is 132 Å². The average molecular weight is 350 g/mol. The standard InChI is InChI=1S/C12H18N2O6S2/c1-12(7-20-3,5-10(15)16)14-11(17)9-4-8(6-21-9)22(18,19)13-2/h4,6,13H,5,7H2,1-3H3,(H,14,17)(H,15,16). The number of amides is 1. The molecule has 1 heterocycles. The van der Waals surface area contributed by atoms with Gasteiger partial charge in [-0.2, -0.15) is 0 Å². The van der Waals surface area contributed by atoms with Gasteiger partial charge in [-0.3, -0.25) is 9.59 Å². The molecule has 22 heavy (non-hydrogen) atoms. The Morgan fingerprint density at radius 1 is 1.45 bits per heavy atom.